The first-order chi connectivity index (χ1) is 15.0. The van der Waals surface area contributed by atoms with Crippen LogP contribution in [0.1, 0.15) is 16.1 Å². The quantitative estimate of drug-likeness (QED) is 0.223. The molecular formula is C19H14F3N5OS3. The second-order valence-corrected chi connectivity index (χ2v) is 8.62. The number of hydrogen-bond acceptors (Lipinski definition) is 9. The summed E-state index contributed by atoms with van der Waals surface area (Å²) in [5, 5.41) is 15.3. The molecule has 4 rings (SSSR count). The van der Waals surface area contributed by atoms with Crippen molar-refractivity contribution in [2.24, 2.45) is 0 Å². The van der Waals surface area contributed by atoms with Crippen LogP contribution in [0.25, 0.3) is 0 Å². The molecule has 0 unspecified atom stereocenters. The SMILES string of the molecule is FC(F)(F)c1ccc(Cc2nnc(Nc3ccc(OSNc4nccs4)cc3)s2)cc1. The van der Waals surface area contributed by atoms with Crippen molar-refractivity contribution in [1.82, 2.24) is 15.2 Å². The van der Waals surface area contributed by atoms with Gasteiger partial charge in [0.05, 0.1) is 5.56 Å². The van der Waals surface area contributed by atoms with Crippen LogP contribution in [-0.4, -0.2) is 15.2 Å². The van der Waals surface area contributed by atoms with Crippen molar-refractivity contribution in [3.63, 3.8) is 0 Å². The van der Waals surface area contributed by atoms with Crippen molar-refractivity contribution in [3.05, 3.63) is 76.2 Å². The summed E-state index contributed by atoms with van der Waals surface area (Å²) in [6.45, 7) is 0. The van der Waals surface area contributed by atoms with E-state index in [0.29, 0.717) is 22.3 Å². The molecule has 0 atom stereocenters. The molecule has 0 fully saturated rings. The maximum atomic E-state index is 12.7. The minimum atomic E-state index is -4.34. The second kappa shape index (κ2) is 9.54. The Morgan fingerprint density at radius 3 is 2.42 bits per heavy atom. The van der Waals surface area contributed by atoms with Crippen molar-refractivity contribution in [1.29, 1.82) is 0 Å². The van der Waals surface area contributed by atoms with Crippen LogP contribution >= 0.6 is 34.9 Å². The Balaban J connectivity index is 1.29. The third-order valence-corrected chi connectivity index (χ3v) is 6.12. The normalized spacial score (nSPS) is 11.3. The Hall–Kier alpha value is -2.83. The van der Waals surface area contributed by atoms with Crippen LogP contribution in [0.2, 0.25) is 0 Å². The second-order valence-electron chi connectivity index (χ2n) is 6.13. The fraction of sp³-hybridized carbons (Fsp3) is 0.105. The highest BCUT2D eigenvalue weighted by Gasteiger charge is 2.29. The Kier molecular flexibility index (Phi) is 6.59. The predicted molar refractivity (Wildman–Crippen MR) is 118 cm³/mol. The average molecular weight is 482 g/mol. The van der Waals surface area contributed by atoms with Crippen LogP contribution in [0, 0.1) is 0 Å². The third kappa shape index (κ3) is 6.09. The fourth-order valence-electron chi connectivity index (χ4n) is 2.46. The largest absolute Gasteiger partial charge is 0.416 e. The summed E-state index contributed by atoms with van der Waals surface area (Å²) in [5.74, 6) is 0.667. The number of rotatable bonds is 8. The van der Waals surface area contributed by atoms with Gasteiger partial charge in [-0.25, -0.2) is 4.98 Å². The van der Waals surface area contributed by atoms with Crippen molar-refractivity contribution in [2.75, 3.05) is 10.0 Å². The molecule has 12 heteroatoms. The van der Waals surface area contributed by atoms with Gasteiger partial charge < -0.3 is 9.50 Å². The van der Waals surface area contributed by atoms with Gasteiger partial charge in [-0.2, -0.15) is 13.2 Å². The number of alkyl halides is 3. The summed E-state index contributed by atoms with van der Waals surface area (Å²) < 4.78 is 46.5. The average Bonchev–Trinajstić information content (AvgIpc) is 3.41. The van der Waals surface area contributed by atoms with Gasteiger partial charge in [-0.15, -0.1) is 21.5 Å². The first kappa shape index (κ1) is 21.4. The number of aromatic nitrogens is 3. The van der Waals surface area contributed by atoms with Crippen LogP contribution in [0.5, 0.6) is 5.75 Å². The van der Waals surface area contributed by atoms with Crippen molar-refractivity contribution in [2.45, 2.75) is 12.6 Å². The van der Waals surface area contributed by atoms with Gasteiger partial charge in [0.15, 0.2) is 17.4 Å². The minimum Gasteiger partial charge on any atom is -0.405 e. The lowest BCUT2D eigenvalue weighted by Crippen LogP contribution is -2.04. The number of nitrogens with zero attached hydrogens (tertiary/aromatic N) is 3. The molecule has 0 saturated heterocycles. The lowest BCUT2D eigenvalue weighted by Gasteiger charge is -2.06. The van der Waals surface area contributed by atoms with Gasteiger partial charge in [0, 0.05) is 23.7 Å². The molecule has 0 aliphatic rings. The first-order valence-corrected chi connectivity index (χ1v) is 11.2. The van der Waals surface area contributed by atoms with Gasteiger partial charge in [0.1, 0.15) is 10.8 Å². The molecule has 2 N–H and O–H groups in total. The molecule has 0 aliphatic carbocycles. The Labute approximate surface area is 187 Å². The molecule has 160 valence electrons. The molecule has 2 aromatic heterocycles. The smallest absolute Gasteiger partial charge is 0.405 e. The molecule has 0 spiro atoms. The zero-order chi connectivity index (χ0) is 21.7. The van der Waals surface area contributed by atoms with Crippen LogP contribution in [-0.2, 0) is 12.6 Å². The Morgan fingerprint density at radius 1 is 0.968 bits per heavy atom. The summed E-state index contributed by atoms with van der Waals surface area (Å²) in [6.07, 6.45) is -2.22. The molecule has 0 aliphatic heterocycles. The topological polar surface area (TPSA) is 72.0 Å². The van der Waals surface area contributed by atoms with Gasteiger partial charge in [0.25, 0.3) is 0 Å². The molecular weight excluding hydrogens is 467 g/mol. The summed E-state index contributed by atoms with van der Waals surface area (Å²) in [6, 6.07) is 12.4. The highest BCUT2D eigenvalue weighted by molar-refractivity contribution is 7.96. The zero-order valence-corrected chi connectivity index (χ0v) is 18.0. The molecule has 0 bridgehead atoms. The molecule has 0 amide bonds. The number of nitrogens with one attached hydrogen (secondary N) is 2. The predicted octanol–water partition coefficient (Wildman–Crippen LogP) is 6.40. The van der Waals surface area contributed by atoms with E-state index in [1.54, 1.807) is 6.20 Å². The monoisotopic (exact) mass is 481 g/mol. The number of benzene rings is 2. The molecule has 2 heterocycles. The van der Waals surface area contributed by atoms with Crippen LogP contribution in [0.3, 0.4) is 0 Å². The molecule has 4 aromatic rings. The standard InChI is InChI=1S/C19H14F3N5OS3/c20-19(21,22)13-3-1-12(2-4-13)11-16-25-26-18(30-16)24-14-5-7-15(8-6-14)28-31-27-17-23-9-10-29-17/h1-10H,11H2,(H,23,27)(H,24,26). The highest BCUT2D eigenvalue weighted by Crippen LogP contribution is 2.30. The van der Waals surface area contributed by atoms with Crippen molar-refractivity contribution >= 4 is 50.9 Å². The molecule has 2 aromatic carbocycles. The summed E-state index contributed by atoms with van der Waals surface area (Å²) >= 11 is 3.89. The van der Waals surface area contributed by atoms with E-state index in [-0.39, 0.29) is 0 Å². The summed E-state index contributed by atoms with van der Waals surface area (Å²) in [4.78, 5) is 4.09. The van der Waals surface area contributed by atoms with E-state index in [1.165, 1.54) is 34.8 Å². The van der Waals surface area contributed by atoms with Crippen LogP contribution in [0.15, 0.2) is 60.1 Å². The van der Waals surface area contributed by atoms with Crippen molar-refractivity contribution < 1.29 is 17.4 Å². The Morgan fingerprint density at radius 2 is 1.74 bits per heavy atom. The van der Waals surface area contributed by atoms with E-state index < -0.39 is 11.7 Å². The highest BCUT2D eigenvalue weighted by atomic mass is 32.2. The Bertz CT molecular complexity index is 1100. The zero-order valence-electron chi connectivity index (χ0n) is 15.6. The lowest BCUT2D eigenvalue weighted by atomic mass is 10.1. The van der Waals surface area contributed by atoms with E-state index >= 15 is 0 Å². The van der Waals surface area contributed by atoms with Gasteiger partial charge in [-0.1, -0.05) is 23.5 Å². The number of hydrogen-bond donors (Lipinski definition) is 2. The number of halogens is 3. The van der Waals surface area contributed by atoms with Gasteiger partial charge in [-0.3, -0.25) is 4.72 Å². The van der Waals surface area contributed by atoms with Gasteiger partial charge in [0.2, 0.25) is 5.13 Å². The minimum absolute atomic E-state index is 0.410. The maximum Gasteiger partial charge on any atom is 0.416 e. The summed E-state index contributed by atoms with van der Waals surface area (Å²) in [5.41, 5.74) is 0.879. The van der Waals surface area contributed by atoms with Crippen molar-refractivity contribution in [3.8, 4) is 5.75 Å². The molecule has 6 nitrogen and oxygen atoms in total. The fourth-order valence-corrected chi connectivity index (χ4v) is 4.29. The van der Waals surface area contributed by atoms with E-state index in [9.17, 15) is 13.2 Å². The first-order valence-electron chi connectivity index (χ1n) is 8.80. The molecule has 31 heavy (non-hydrogen) atoms. The summed E-state index contributed by atoms with van der Waals surface area (Å²) in [7, 11) is 0. The number of thiazole rings is 1. The van der Waals surface area contributed by atoms with Gasteiger partial charge in [-0.05, 0) is 42.0 Å². The van der Waals surface area contributed by atoms with E-state index in [4.69, 9.17) is 4.18 Å². The maximum absolute atomic E-state index is 12.7. The molecule has 0 radical (unpaired) electrons. The van der Waals surface area contributed by atoms with E-state index in [1.807, 2.05) is 29.6 Å². The lowest BCUT2D eigenvalue weighted by molar-refractivity contribution is -0.137. The number of anilines is 3. The van der Waals surface area contributed by atoms with E-state index in [2.05, 4.69) is 25.2 Å². The molecule has 0 saturated carbocycles. The van der Waals surface area contributed by atoms with Crippen LogP contribution < -0.4 is 14.2 Å². The van der Waals surface area contributed by atoms with Crippen LogP contribution in [0.4, 0.5) is 29.1 Å². The van der Waals surface area contributed by atoms with E-state index in [0.717, 1.165) is 40.7 Å². The van der Waals surface area contributed by atoms with Gasteiger partial charge >= 0.3 is 6.18 Å². The third-order valence-electron chi connectivity index (χ3n) is 3.91.